The van der Waals surface area contributed by atoms with E-state index in [1.807, 2.05) is 6.08 Å². The van der Waals surface area contributed by atoms with Crippen molar-refractivity contribution < 1.29 is 39.8 Å². The van der Waals surface area contributed by atoms with Gasteiger partial charge in [0.2, 0.25) is 5.91 Å². The molecule has 0 spiro atoms. The fourth-order valence-electron chi connectivity index (χ4n) is 13.8. The van der Waals surface area contributed by atoms with Crippen molar-refractivity contribution in [2.45, 2.75) is 487 Å². The number of aliphatic hydroxyl groups excluding tert-OH is 5. The average Bonchev–Trinajstić information content (AvgIpc) is 1.44. The summed E-state index contributed by atoms with van der Waals surface area (Å²) < 4.78 is 11.3. The van der Waals surface area contributed by atoms with E-state index >= 15 is 0 Å². The molecule has 9 heteroatoms. The van der Waals surface area contributed by atoms with Crippen LogP contribution in [0.5, 0.6) is 0 Å². The van der Waals surface area contributed by atoms with Crippen LogP contribution >= 0.6 is 0 Å². The van der Waals surface area contributed by atoms with Gasteiger partial charge in [-0.25, -0.2) is 0 Å². The Hall–Kier alpha value is -1.33. The molecule has 7 unspecified atom stereocenters. The van der Waals surface area contributed by atoms with Gasteiger partial charge in [-0.05, 0) is 32.1 Å². The normalized spacial score (nSPS) is 17.7. The van der Waals surface area contributed by atoms with Crippen molar-refractivity contribution in [1.29, 1.82) is 0 Å². The van der Waals surface area contributed by atoms with Crippen LogP contribution in [0.15, 0.2) is 24.3 Å². The first-order chi connectivity index (χ1) is 45.3. The van der Waals surface area contributed by atoms with Gasteiger partial charge in [-0.15, -0.1) is 0 Å². The third-order valence-electron chi connectivity index (χ3n) is 20.3. The topological polar surface area (TPSA) is 149 Å². The number of carbonyl (C=O) groups is 1. The minimum Gasteiger partial charge on any atom is -0.394 e. The van der Waals surface area contributed by atoms with Gasteiger partial charge < -0.3 is 40.3 Å². The number of nitrogens with one attached hydrogen (secondary N) is 1. The molecule has 1 rings (SSSR count). The smallest absolute Gasteiger partial charge is 0.220 e. The third-order valence-corrected chi connectivity index (χ3v) is 20.3. The van der Waals surface area contributed by atoms with Crippen molar-refractivity contribution in [2.75, 3.05) is 13.2 Å². The third kappa shape index (κ3) is 59.9. The molecule has 6 N–H and O–H groups in total. The zero-order chi connectivity index (χ0) is 66.4. The largest absolute Gasteiger partial charge is 0.394 e. The summed E-state index contributed by atoms with van der Waals surface area (Å²) in [6.07, 6.45) is 90.7. The van der Waals surface area contributed by atoms with Crippen LogP contribution in [0, 0.1) is 0 Å². The molecule has 0 aromatic rings. The summed E-state index contributed by atoms with van der Waals surface area (Å²) >= 11 is 0. The van der Waals surface area contributed by atoms with Crippen molar-refractivity contribution in [3.05, 3.63) is 24.3 Å². The van der Waals surface area contributed by atoms with Gasteiger partial charge in [0.25, 0.3) is 0 Å². The fourth-order valence-corrected chi connectivity index (χ4v) is 13.8. The molecular formula is C83H161NO8. The zero-order valence-corrected chi connectivity index (χ0v) is 61.6. The SMILES string of the molecule is CCCCCCCCCCCCCCCCCCCCCCCCCCCC/C=C/CC/C=C/C(O)C(COC1OC(CO)C(O)C(O)C1O)NC(=O)CCCCCCCCCCCCCCCCCCCCCCCCCCCCCCCCCCCCCCC. The first-order valence-corrected chi connectivity index (χ1v) is 41.6. The number of hydrogen-bond acceptors (Lipinski definition) is 8. The Labute approximate surface area is 572 Å². The highest BCUT2D eigenvalue weighted by Gasteiger charge is 2.44. The highest BCUT2D eigenvalue weighted by Crippen LogP contribution is 2.24. The first kappa shape index (κ1) is 88.7. The van der Waals surface area contributed by atoms with E-state index in [9.17, 15) is 30.3 Å². The van der Waals surface area contributed by atoms with E-state index in [1.165, 1.54) is 385 Å². The molecule has 0 aromatic heterocycles. The Bertz CT molecular complexity index is 1510. The monoisotopic (exact) mass is 1300 g/mol. The van der Waals surface area contributed by atoms with E-state index in [-0.39, 0.29) is 12.5 Å². The summed E-state index contributed by atoms with van der Waals surface area (Å²) in [4.78, 5) is 13.2. The van der Waals surface area contributed by atoms with E-state index in [0.717, 1.165) is 38.5 Å². The molecule has 1 aliphatic rings. The minimum absolute atomic E-state index is 0.176. The van der Waals surface area contributed by atoms with Crippen molar-refractivity contribution >= 4 is 5.91 Å². The number of allylic oxidation sites excluding steroid dienone is 3. The van der Waals surface area contributed by atoms with Crippen LogP contribution in [-0.2, 0) is 14.3 Å². The first-order valence-electron chi connectivity index (χ1n) is 41.6. The molecule has 0 bridgehead atoms. The van der Waals surface area contributed by atoms with Crippen LogP contribution in [0.3, 0.4) is 0 Å². The zero-order valence-electron chi connectivity index (χ0n) is 61.6. The highest BCUT2D eigenvalue weighted by atomic mass is 16.7. The van der Waals surface area contributed by atoms with Crippen LogP contribution in [0.4, 0.5) is 0 Å². The van der Waals surface area contributed by atoms with Gasteiger partial charge >= 0.3 is 0 Å². The Kier molecular flexibility index (Phi) is 69.8. The molecule has 0 aromatic carbocycles. The van der Waals surface area contributed by atoms with Crippen molar-refractivity contribution in [2.24, 2.45) is 0 Å². The number of carbonyl (C=O) groups excluding carboxylic acids is 1. The van der Waals surface area contributed by atoms with Crippen LogP contribution in [-0.4, -0.2) is 87.5 Å². The summed E-state index contributed by atoms with van der Waals surface area (Å²) in [5.74, 6) is -0.176. The number of rotatable bonds is 75. The molecule has 9 nitrogen and oxygen atoms in total. The summed E-state index contributed by atoms with van der Waals surface area (Å²) in [5.41, 5.74) is 0. The molecule has 1 heterocycles. The Balaban J connectivity index is 2.05. The van der Waals surface area contributed by atoms with Gasteiger partial charge in [0.15, 0.2) is 6.29 Å². The molecule has 546 valence electrons. The molecule has 0 radical (unpaired) electrons. The molecular weight excluding hydrogens is 1140 g/mol. The highest BCUT2D eigenvalue weighted by molar-refractivity contribution is 5.76. The maximum absolute atomic E-state index is 13.2. The summed E-state index contributed by atoms with van der Waals surface area (Å²) in [6.45, 7) is 3.84. The average molecular weight is 1300 g/mol. The van der Waals surface area contributed by atoms with Crippen molar-refractivity contribution in [1.82, 2.24) is 5.32 Å². The molecule has 1 fully saturated rings. The maximum Gasteiger partial charge on any atom is 0.220 e. The summed E-state index contributed by atoms with van der Waals surface area (Å²) in [5, 5.41) is 54.9. The second-order valence-corrected chi connectivity index (χ2v) is 29.3. The van der Waals surface area contributed by atoms with Crippen LogP contribution in [0.25, 0.3) is 0 Å². The van der Waals surface area contributed by atoms with Gasteiger partial charge in [0.05, 0.1) is 25.4 Å². The van der Waals surface area contributed by atoms with E-state index in [0.29, 0.717) is 6.42 Å². The van der Waals surface area contributed by atoms with E-state index < -0.39 is 49.5 Å². The minimum atomic E-state index is -1.57. The maximum atomic E-state index is 13.2. The Morgan fingerprint density at radius 2 is 0.620 bits per heavy atom. The van der Waals surface area contributed by atoms with E-state index in [4.69, 9.17) is 9.47 Å². The van der Waals surface area contributed by atoms with Crippen LogP contribution < -0.4 is 5.32 Å². The lowest BCUT2D eigenvalue weighted by atomic mass is 9.99. The number of aliphatic hydroxyl groups is 5. The molecule has 0 aliphatic carbocycles. The number of amides is 1. The van der Waals surface area contributed by atoms with Crippen molar-refractivity contribution in [3.8, 4) is 0 Å². The van der Waals surface area contributed by atoms with Gasteiger partial charge in [0.1, 0.15) is 24.4 Å². The summed E-state index contributed by atoms with van der Waals surface area (Å²) in [7, 11) is 0. The second-order valence-electron chi connectivity index (χ2n) is 29.3. The van der Waals surface area contributed by atoms with E-state index in [2.05, 4.69) is 31.3 Å². The Morgan fingerprint density at radius 3 is 0.913 bits per heavy atom. The molecule has 1 amide bonds. The van der Waals surface area contributed by atoms with Crippen LogP contribution in [0.2, 0.25) is 0 Å². The van der Waals surface area contributed by atoms with Gasteiger partial charge in [-0.3, -0.25) is 4.79 Å². The molecule has 92 heavy (non-hydrogen) atoms. The van der Waals surface area contributed by atoms with Gasteiger partial charge in [0, 0.05) is 6.42 Å². The van der Waals surface area contributed by atoms with Crippen LogP contribution in [0.1, 0.15) is 444 Å². The summed E-state index contributed by atoms with van der Waals surface area (Å²) in [6, 6.07) is -0.821. The predicted octanol–water partition coefficient (Wildman–Crippen LogP) is 23.9. The van der Waals surface area contributed by atoms with E-state index in [1.54, 1.807) is 6.08 Å². The number of ether oxygens (including phenoxy) is 2. The lowest BCUT2D eigenvalue weighted by Gasteiger charge is -2.40. The predicted molar refractivity (Wildman–Crippen MR) is 397 cm³/mol. The Morgan fingerprint density at radius 1 is 0.359 bits per heavy atom. The second kappa shape index (κ2) is 72.4. The lowest BCUT2D eigenvalue weighted by Crippen LogP contribution is -2.60. The van der Waals surface area contributed by atoms with Gasteiger partial charge in [-0.1, -0.05) is 430 Å². The van der Waals surface area contributed by atoms with Crippen molar-refractivity contribution in [3.63, 3.8) is 0 Å². The number of unbranched alkanes of at least 4 members (excludes halogenated alkanes) is 63. The lowest BCUT2D eigenvalue weighted by molar-refractivity contribution is -0.302. The molecule has 7 atom stereocenters. The number of hydrogen-bond donors (Lipinski definition) is 6. The quantitative estimate of drug-likeness (QED) is 0.0261. The fraction of sp³-hybridized carbons (Fsp3) is 0.940. The standard InChI is InChI=1S/C83H161NO8/c1-3-5-7-9-11-13-15-17-19-21-23-25-27-29-31-33-35-37-38-39-40-41-43-45-47-49-51-53-55-57-59-61-63-65-67-69-71-73-79(87)84-76(75-91-83-82(90)81(89)80(88)78(74-85)92-83)77(86)72-70-68-66-64-62-60-58-56-54-52-50-48-46-44-42-36-34-32-30-28-26-24-22-20-18-16-14-12-10-8-6-4-2/h62,64,70,72,76-78,80-83,85-86,88-90H,3-61,63,65-69,71,73-75H2,1-2H3,(H,84,87)/b64-62+,72-70+. The molecule has 1 aliphatic heterocycles. The van der Waals surface area contributed by atoms with Gasteiger partial charge in [-0.2, -0.15) is 0 Å². The molecule has 1 saturated heterocycles. The molecule has 0 saturated carbocycles.